The predicted octanol–water partition coefficient (Wildman–Crippen LogP) is 6.41. The lowest BCUT2D eigenvalue weighted by Crippen LogP contribution is -2.46. The Balaban J connectivity index is 1.82. The van der Waals surface area contributed by atoms with Gasteiger partial charge in [0, 0.05) is 60.4 Å². The molecule has 57 heavy (non-hydrogen) atoms. The minimum absolute atomic E-state index is 0.0174. The van der Waals surface area contributed by atoms with Crippen LogP contribution in [0.25, 0.3) is 27.5 Å². The minimum atomic E-state index is -1.12. The fraction of sp³-hybridized carbons (Fsp3) is 0.442. The highest BCUT2D eigenvalue weighted by Gasteiger charge is 2.39. The maximum absolute atomic E-state index is 14.3. The summed E-state index contributed by atoms with van der Waals surface area (Å²) < 4.78 is 24.6. The molecule has 1 aliphatic heterocycles. The number of nitrogens with zero attached hydrogens (tertiary/aromatic N) is 2. The van der Waals surface area contributed by atoms with Crippen LogP contribution in [0.3, 0.4) is 0 Å². The molecule has 1 amide bonds. The standard InChI is InChI=1S/C43H53N3O11/c1-11-27-14-12-13-21(3)36(48)23(5)37(49)24(6)40(57-26(8)47)22(4)28(54-9)16-18-56-43(53)32-30-31(38(50)25(7)41(32)55-10)39(51)34(45-42(27)52)35-33(30)44-29-19-20(2)15-17-46(29)35/h12-19,21-24,28,36-37,40,48-51H,11H2,1-10H3,(H,45,52)/b13-12+,18-16+,27-14-. The fourth-order valence-electron chi connectivity index (χ4n) is 7.81. The molecule has 5 rings (SSSR count). The summed E-state index contributed by atoms with van der Waals surface area (Å²) in [6.07, 6.45) is 5.71. The van der Waals surface area contributed by atoms with Crippen LogP contribution in [0.1, 0.15) is 69.4 Å². The first-order valence-electron chi connectivity index (χ1n) is 19.0. The number of esters is 2. The molecule has 2 aromatic carbocycles. The van der Waals surface area contributed by atoms with Gasteiger partial charge in [-0.1, -0.05) is 52.8 Å². The molecule has 0 radical (unpaired) electrons. The summed E-state index contributed by atoms with van der Waals surface area (Å²) in [5, 5.41) is 49.3. The summed E-state index contributed by atoms with van der Waals surface area (Å²) in [4.78, 5) is 45.5. The Labute approximate surface area is 331 Å². The van der Waals surface area contributed by atoms with E-state index in [1.54, 1.807) is 69.5 Å². The number of aliphatic hydroxyl groups excluding tert-OH is 2. The van der Waals surface area contributed by atoms with Crippen molar-refractivity contribution in [2.45, 2.75) is 86.2 Å². The average molecular weight is 788 g/mol. The number of aryl methyl sites for hydroxylation is 1. The van der Waals surface area contributed by atoms with E-state index in [1.807, 2.05) is 13.0 Å². The van der Waals surface area contributed by atoms with Crippen molar-refractivity contribution in [2.24, 2.45) is 23.7 Å². The zero-order chi connectivity index (χ0) is 42.0. The Kier molecular flexibility index (Phi) is 13.0. The van der Waals surface area contributed by atoms with Crippen LogP contribution in [0.4, 0.5) is 5.69 Å². The summed E-state index contributed by atoms with van der Waals surface area (Å²) in [6, 6.07) is 3.62. The summed E-state index contributed by atoms with van der Waals surface area (Å²) in [6.45, 7) is 13.4. The van der Waals surface area contributed by atoms with Gasteiger partial charge in [-0.15, -0.1) is 0 Å². The number of aromatic hydroxyl groups is 2. The van der Waals surface area contributed by atoms with Crippen molar-refractivity contribution in [3.8, 4) is 17.2 Å². The lowest BCUT2D eigenvalue weighted by atomic mass is 9.78. The lowest BCUT2D eigenvalue weighted by Gasteiger charge is -2.38. The molecule has 8 unspecified atom stereocenters. The van der Waals surface area contributed by atoms with Crippen LogP contribution in [0.15, 0.2) is 54.5 Å². The molecule has 306 valence electrons. The third kappa shape index (κ3) is 8.07. The molecule has 2 aromatic heterocycles. The van der Waals surface area contributed by atoms with E-state index in [0.717, 1.165) is 11.8 Å². The molecule has 4 bridgehead atoms. The molecule has 8 atom stereocenters. The second kappa shape index (κ2) is 17.4. The maximum Gasteiger partial charge on any atom is 0.347 e. The Morgan fingerprint density at radius 2 is 1.68 bits per heavy atom. The number of ether oxygens (including phenoxy) is 4. The molecule has 4 aromatic rings. The Hall–Kier alpha value is -5.44. The minimum Gasteiger partial charge on any atom is -0.507 e. The van der Waals surface area contributed by atoms with Gasteiger partial charge in [0.15, 0.2) is 5.75 Å². The van der Waals surface area contributed by atoms with Crippen LogP contribution in [0.5, 0.6) is 17.2 Å². The van der Waals surface area contributed by atoms with Crippen molar-refractivity contribution in [2.75, 3.05) is 19.5 Å². The van der Waals surface area contributed by atoms with Crippen molar-refractivity contribution in [3.05, 3.63) is 71.2 Å². The van der Waals surface area contributed by atoms with Crippen LogP contribution in [0.2, 0.25) is 0 Å². The first-order chi connectivity index (χ1) is 27.0. The van der Waals surface area contributed by atoms with Crippen LogP contribution in [-0.4, -0.2) is 86.3 Å². The van der Waals surface area contributed by atoms with Crippen LogP contribution < -0.4 is 10.1 Å². The molecule has 0 fully saturated rings. The molecule has 14 heteroatoms. The van der Waals surface area contributed by atoms with Crippen LogP contribution in [-0.2, 0) is 23.8 Å². The van der Waals surface area contributed by atoms with Gasteiger partial charge in [-0.3, -0.25) is 14.0 Å². The van der Waals surface area contributed by atoms with E-state index in [4.69, 9.17) is 23.9 Å². The summed E-state index contributed by atoms with van der Waals surface area (Å²) in [5.74, 6) is -5.44. The predicted molar refractivity (Wildman–Crippen MR) is 215 cm³/mol. The second-order valence-corrected chi connectivity index (χ2v) is 14.9. The maximum atomic E-state index is 14.3. The molecular weight excluding hydrogens is 734 g/mol. The van der Waals surface area contributed by atoms with Gasteiger partial charge >= 0.3 is 11.9 Å². The number of benzene rings is 2. The SMILES string of the molecule is CC/C1=C/C=C/C(C)C(O)C(C)C(O)C(C)C(OC(C)=O)C(C)C(OC)/C=C/OC(=O)c2c(OC)c(C)c(O)c3c(O)c(c4c(nc5cc(C)ccn54)c23)NC1=O. The number of aromatic nitrogens is 2. The quantitative estimate of drug-likeness (QED) is 0.113. The number of phenols is 2. The third-order valence-electron chi connectivity index (χ3n) is 11.1. The number of fused-ring (bicyclic) bond motifs is 5. The molecule has 0 aliphatic carbocycles. The van der Waals surface area contributed by atoms with Crippen LogP contribution >= 0.6 is 0 Å². The van der Waals surface area contributed by atoms with Crippen molar-refractivity contribution >= 4 is 51.0 Å². The van der Waals surface area contributed by atoms with E-state index < -0.39 is 77.4 Å². The summed E-state index contributed by atoms with van der Waals surface area (Å²) in [7, 11) is 2.77. The lowest BCUT2D eigenvalue weighted by molar-refractivity contribution is -0.160. The third-order valence-corrected chi connectivity index (χ3v) is 11.1. The molecule has 5 N–H and O–H groups in total. The Morgan fingerprint density at radius 1 is 0.982 bits per heavy atom. The van der Waals surface area contributed by atoms with Crippen molar-refractivity contribution in [1.29, 1.82) is 0 Å². The van der Waals surface area contributed by atoms with Crippen molar-refractivity contribution in [3.63, 3.8) is 0 Å². The summed E-state index contributed by atoms with van der Waals surface area (Å²) in [5.41, 5.74) is 1.93. The van der Waals surface area contributed by atoms with Gasteiger partial charge in [-0.25, -0.2) is 9.78 Å². The van der Waals surface area contributed by atoms with E-state index >= 15 is 0 Å². The fourth-order valence-corrected chi connectivity index (χ4v) is 7.81. The van der Waals surface area contributed by atoms with Crippen LogP contribution in [0, 0.1) is 37.5 Å². The van der Waals surface area contributed by atoms with E-state index in [-0.39, 0.29) is 50.8 Å². The molecule has 1 aliphatic rings. The smallest absolute Gasteiger partial charge is 0.347 e. The normalized spacial score (nSPS) is 27.5. The number of hydrogen-bond acceptors (Lipinski definition) is 12. The number of phenolic OH excluding ortho intramolecular Hbond substituents is 2. The van der Waals surface area contributed by atoms with Gasteiger partial charge < -0.3 is 44.7 Å². The van der Waals surface area contributed by atoms with E-state index in [9.17, 15) is 34.8 Å². The highest BCUT2D eigenvalue weighted by Crippen LogP contribution is 2.51. The summed E-state index contributed by atoms with van der Waals surface area (Å²) >= 11 is 0. The molecule has 14 nitrogen and oxygen atoms in total. The highest BCUT2D eigenvalue weighted by molar-refractivity contribution is 6.26. The average Bonchev–Trinajstić information content (AvgIpc) is 3.55. The number of amides is 1. The number of allylic oxidation sites excluding steroid dienone is 2. The first-order valence-corrected chi connectivity index (χ1v) is 19.0. The zero-order valence-corrected chi connectivity index (χ0v) is 34.0. The number of hydrogen-bond donors (Lipinski definition) is 5. The highest BCUT2D eigenvalue weighted by atomic mass is 16.5. The molecule has 0 spiro atoms. The Bertz CT molecular complexity index is 2290. The largest absolute Gasteiger partial charge is 0.507 e. The van der Waals surface area contributed by atoms with E-state index in [0.29, 0.717) is 11.2 Å². The molecule has 0 saturated carbocycles. The number of methoxy groups -OCH3 is 2. The van der Waals surface area contributed by atoms with Crippen molar-refractivity contribution in [1.82, 2.24) is 9.38 Å². The number of rotatable bonds is 4. The van der Waals surface area contributed by atoms with E-state index in [1.165, 1.54) is 34.1 Å². The van der Waals surface area contributed by atoms with Gasteiger partial charge in [0.1, 0.15) is 45.5 Å². The number of pyridine rings is 1. The number of aliphatic hydroxyl groups is 2. The second-order valence-electron chi connectivity index (χ2n) is 14.9. The topological polar surface area (TPSA) is 198 Å². The van der Waals surface area contributed by atoms with Gasteiger partial charge in [0.25, 0.3) is 5.91 Å². The first kappa shape index (κ1) is 42.7. The van der Waals surface area contributed by atoms with Gasteiger partial charge in [0.05, 0.1) is 37.1 Å². The number of carbonyl (C=O) groups excluding carboxylic acids is 3. The number of cyclic esters (lactones) is 1. The number of anilines is 1. The molecule has 0 saturated heterocycles. The van der Waals surface area contributed by atoms with Gasteiger partial charge in [-0.2, -0.15) is 0 Å². The number of carbonyl (C=O) groups is 3. The molecular formula is C43H53N3O11. The zero-order valence-electron chi connectivity index (χ0n) is 34.0. The monoisotopic (exact) mass is 787 g/mol. The van der Waals surface area contributed by atoms with Gasteiger partial charge in [0.2, 0.25) is 0 Å². The molecule has 3 heterocycles. The Morgan fingerprint density at radius 3 is 2.32 bits per heavy atom. The number of imidazole rings is 1. The van der Waals surface area contributed by atoms with Gasteiger partial charge in [-0.05, 0) is 44.0 Å². The van der Waals surface area contributed by atoms with Crippen molar-refractivity contribution < 1.29 is 53.8 Å². The van der Waals surface area contributed by atoms with E-state index in [2.05, 4.69) is 5.32 Å². The number of nitrogens with one attached hydrogen (secondary N) is 1.